The third kappa shape index (κ3) is 1.64. The molecule has 1 N–H and O–H groups in total. The highest BCUT2D eigenvalue weighted by atomic mass is 16.1. The van der Waals surface area contributed by atoms with Gasteiger partial charge in [-0.15, -0.1) is 0 Å². The molecule has 1 aliphatic rings. The second kappa shape index (κ2) is 3.95. The minimum atomic E-state index is 0.494. The van der Waals surface area contributed by atoms with Gasteiger partial charge in [0.15, 0.2) is 6.29 Å². The minimum absolute atomic E-state index is 0.494. The lowest BCUT2D eigenvalue weighted by Gasteiger charge is -2.10. The SMILES string of the molecule is Cc1nc(C2CCCC2)c2c(C=O)c[nH]c2n1. The average molecular weight is 229 g/mol. The van der Waals surface area contributed by atoms with Crippen LogP contribution < -0.4 is 0 Å². The number of nitrogens with zero attached hydrogens (tertiary/aromatic N) is 2. The first-order valence-corrected chi connectivity index (χ1v) is 6.10. The van der Waals surface area contributed by atoms with Gasteiger partial charge in [0.2, 0.25) is 0 Å². The minimum Gasteiger partial charge on any atom is -0.345 e. The molecule has 0 radical (unpaired) electrons. The zero-order valence-electron chi connectivity index (χ0n) is 9.86. The van der Waals surface area contributed by atoms with Gasteiger partial charge in [0.25, 0.3) is 0 Å². The van der Waals surface area contributed by atoms with Crippen molar-refractivity contribution >= 4 is 17.3 Å². The first-order chi connectivity index (χ1) is 8.29. The average Bonchev–Trinajstić information content (AvgIpc) is 2.96. The number of aromatic nitrogens is 3. The van der Waals surface area contributed by atoms with Gasteiger partial charge >= 0.3 is 0 Å². The number of fused-ring (bicyclic) bond motifs is 1. The molecule has 1 saturated carbocycles. The lowest BCUT2D eigenvalue weighted by atomic mass is 9.99. The maximum Gasteiger partial charge on any atom is 0.152 e. The van der Waals surface area contributed by atoms with Gasteiger partial charge in [0.05, 0.1) is 11.1 Å². The fourth-order valence-corrected chi connectivity index (χ4v) is 2.79. The molecule has 1 aliphatic carbocycles. The maximum atomic E-state index is 11.1. The molecule has 3 rings (SSSR count). The molecule has 1 fully saturated rings. The number of hydrogen-bond donors (Lipinski definition) is 1. The Labute approximate surface area is 99.5 Å². The molecular weight excluding hydrogens is 214 g/mol. The van der Waals surface area contributed by atoms with E-state index in [1.165, 1.54) is 25.7 Å². The summed E-state index contributed by atoms with van der Waals surface area (Å²) in [6, 6.07) is 0. The molecule has 0 saturated heterocycles. The van der Waals surface area contributed by atoms with Gasteiger partial charge in [-0.3, -0.25) is 4.79 Å². The Morgan fingerprint density at radius 2 is 2.12 bits per heavy atom. The predicted octanol–water partition coefficient (Wildman–Crippen LogP) is 2.74. The molecule has 0 bridgehead atoms. The van der Waals surface area contributed by atoms with E-state index in [2.05, 4.69) is 15.0 Å². The van der Waals surface area contributed by atoms with Crippen LogP contribution in [0, 0.1) is 6.92 Å². The van der Waals surface area contributed by atoms with Crippen LogP contribution in [0.3, 0.4) is 0 Å². The molecule has 2 aromatic heterocycles. The van der Waals surface area contributed by atoms with Crippen molar-refractivity contribution in [3.8, 4) is 0 Å². The fraction of sp³-hybridized carbons (Fsp3) is 0.462. The number of hydrogen-bond acceptors (Lipinski definition) is 3. The second-order valence-electron chi connectivity index (χ2n) is 4.72. The highest BCUT2D eigenvalue weighted by Gasteiger charge is 2.23. The third-order valence-corrected chi connectivity index (χ3v) is 3.57. The summed E-state index contributed by atoms with van der Waals surface area (Å²) in [7, 11) is 0. The van der Waals surface area contributed by atoms with Crippen molar-refractivity contribution in [2.45, 2.75) is 38.5 Å². The van der Waals surface area contributed by atoms with Crippen molar-refractivity contribution in [1.82, 2.24) is 15.0 Å². The Kier molecular flexibility index (Phi) is 2.42. The molecule has 0 spiro atoms. The van der Waals surface area contributed by atoms with Crippen LogP contribution in [0.15, 0.2) is 6.20 Å². The quantitative estimate of drug-likeness (QED) is 0.805. The third-order valence-electron chi connectivity index (χ3n) is 3.57. The van der Waals surface area contributed by atoms with Gasteiger partial charge in [-0.1, -0.05) is 12.8 Å². The predicted molar refractivity (Wildman–Crippen MR) is 65.2 cm³/mol. The smallest absolute Gasteiger partial charge is 0.152 e. The number of rotatable bonds is 2. The number of H-pyrrole nitrogens is 1. The maximum absolute atomic E-state index is 11.1. The first kappa shape index (κ1) is 10.4. The van der Waals surface area contributed by atoms with E-state index in [-0.39, 0.29) is 0 Å². The lowest BCUT2D eigenvalue weighted by Crippen LogP contribution is -2.02. The van der Waals surface area contributed by atoms with Crippen LogP contribution in [-0.2, 0) is 0 Å². The number of aldehydes is 1. The molecule has 0 atom stereocenters. The highest BCUT2D eigenvalue weighted by molar-refractivity contribution is 5.97. The van der Waals surface area contributed by atoms with E-state index >= 15 is 0 Å². The first-order valence-electron chi connectivity index (χ1n) is 6.10. The summed E-state index contributed by atoms with van der Waals surface area (Å²) >= 11 is 0. The van der Waals surface area contributed by atoms with Gasteiger partial charge < -0.3 is 4.98 Å². The summed E-state index contributed by atoms with van der Waals surface area (Å²) in [5.41, 5.74) is 2.54. The largest absolute Gasteiger partial charge is 0.345 e. The summed E-state index contributed by atoms with van der Waals surface area (Å²) in [6.45, 7) is 1.90. The van der Waals surface area contributed by atoms with E-state index in [1.54, 1.807) is 6.20 Å². The van der Waals surface area contributed by atoms with Crippen LogP contribution in [0.2, 0.25) is 0 Å². The fourth-order valence-electron chi connectivity index (χ4n) is 2.79. The van der Waals surface area contributed by atoms with E-state index in [0.717, 1.165) is 28.8 Å². The Hall–Kier alpha value is -1.71. The lowest BCUT2D eigenvalue weighted by molar-refractivity contribution is 0.112. The molecule has 0 aliphatic heterocycles. The molecule has 0 unspecified atom stereocenters. The van der Waals surface area contributed by atoms with Gasteiger partial charge in [-0.05, 0) is 19.8 Å². The summed E-state index contributed by atoms with van der Waals surface area (Å²) in [5.74, 6) is 1.27. The Bertz CT molecular complexity index is 567. The molecule has 2 heterocycles. The van der Waals surface area contributed by atoms with Gasteiger partial charge in [0, 0.05) is 17.7 Å². The van der Waals surface area contributed by atoms with Crippen molar-refractivity contribution in [3.05, 3.63) is 23.3 Å². The van der Waals surface area contributed by atoms with E-state index in [4.69, 9.17) is 0 Å². The molecular formula is C13H15N3O. The molecule has 4 nitrogen and oxygen atoms in total. The standard InChI is InChI=1S/C13H15N3O/c1-8-15-12(9-4-2-3-5-9)11-10(7-17)6-14-13(11)16-8/h6-7,9H,2-5H2,1H3,(H,14,15,16). The van der Waals surface area contributed by atoms with E-state index in [9.17, 15) is 4.79 Å². The summed E-state index contributed by atoms with van der Waals surface area (Å²) in [5, 5.41) is 0.928. The number of carbonyl (C=O) groups is 1. The van der Waals surface area contributed by atoms with Crippen LogP contribution in [-0.4, -0.2) is 21.2 Å². The van der Waals surface area contributed by atoms with Crippen molar-refractivity contribution in [1.29, 1.82) is 0 Å². The number of carbonyl (C=O) groups excluding carboxylic acids is 1. The van der Waals surface area contributed by atoms with E-state index < -0.39 is 0 Å². The number of aryl methyl sites for hydroxylation is 1. The van der Waals surface area contributed by atoms with E-state index in [1.807, 2.05) is 6.92 Å². The van der Waals surface area contributed by atoms with Crippen molar-refractivity contribution in [2.24, 2.45) is 0 Å². The summed E-state index contributed by atoms with van der Waals surface area (Å²) < 4.78 is 0. The van der Waals surface area contributed by atoms with Crippen molar-refractivity contribution < 1.29 is 4.79 Å². The van der Waals surface area contributed by atoms with Crippen LogP contribution in [0.1, 0.15) is 53.5 Å². The van der Waals surface area contributed by atoms with E-state index in [0.29, 0.717) is 11.5 Å². The zero-order valence-corrected chi connectivity index (χ0v) is 9.86. The van der Waals surface area contributed by atoms with Crippen molar-refractivity contribution in [3.63, 3.8) is 0 Å². The second-order valence-corrected chi connectivity index (χ2v) is 4.72. The summed E-state index contributed by atoms with van der Waals surface area (Å²) in [6.07, 6.45) is 7.48. The Balaban J connectivity index is 2.25. The van der Waals surface area contributed by atoms with Crippen LogP contribution >= 0.6 is 0 Å². The monoisotopic (exact) mass is 229 g/mol. The van der Waals surface area contributed by atoms with Crippen LogP contribution in [0.4, 0.5) is 0 Å². The highest BCUT2D eigenvalue weighted by Crippen LogP contribution is 2.36. The molecule has 17 heavy (non-hydrogen) atoms. The topological polar surface area (TPSA) is 58.6 Å². The van der Waals surface area contributed by atoms with Gasteiger partial charge in [0.1, 0.15) is 11.5 Å². The molecule has 88 valence electrons. The van der Waals surface area contributed by atoms with Crippen LogP contribution in [0.5, 0.6) is 0 Å². The molecule has 0 aromatic carbocycles. The van der Waals surface area contributed by atoms with Crippen LogP contribution in [0.25, 0.3) is 11.0 Å². The zero-order chi connectivity index (χ0) is 11.8. The molecule has 2 aromatic rings. The Morgan fingerprint density at radius 3 is 2.82 bits per heavy atom. The van der Waals surface area contributed by atoms with Crippen molar-refractivity contribution in [2.75, 3.05) is 0 Å². The number of nitrogens with one attached hydrogen (secondary N) is 1. The molecule has 0 amide bonds. The van der Waals surface area contributed by atoms with Gasteiger partial charge in [-0.25, -0.2) is 9.97 Å². The Morgan fingerprint density at radius 1 is 1.35 bits per heavy atom. The summed E-state index contributed by atoms with van der Waals surface area (Å²) in [4.78, 5) is 23.0. The molecule has 4 heteroatoms. The normalized spacial score (nSPS) is 16.8. The van der Waals surface area contributed by atoms with Gasteiger partial charge in [-0.2, -0.15) is 0 Å². The number of aromatic amines is 1.